The van der Waals surface area contributed by atoms with E-state index in [0.29, 0.717) is 0 Å². The van der Waals surface area contributed by atoms with E-state index in [1.165, 1.54) is 38.2 Å². The van der Waals surface area contributed by atoms with Crippen LogP contribution in [0.4, 0.5) is 0 Å². The lowest BCUT2D eigenvalue weighted by Gasteiger charge is -2.23. The summed E-state index contributed by atoms with van der Waals surface area (Å²) < 4.78 is 0. The predicted molar refractivity (Wildman–Crippen MR) is 123 cm³/mol. The minimum absolute atomic E-state index is 0. The highest BCUT2D eigenvalue weighted by Gasteiger charge is 2.12. The van der Waals surface area contributed by atoms with Crippen molar-refractivity contribution in [2.24, 2.45) is 4.99 Å². The van der Waals surface area contributed by atoms with Crippen LogP contribution in [0.15, 0.2) is 29.3 Å². The Labute approximate surface area is 180 Å². The van der Waals surface area contributed by atoms with E-state index >= 15 is 0 Å². The molecule has 1 aromatic rings. The largest absolute Gasteiger partial charge is 0.356 e. The average molecular weight is 494 g/mol. The fourth-order valence-corrected chi connectivity index (χ4v) is 3.28. The standard InChI is InChI=1S/C19H32ClN5.HI/c1-21-19(24(3)16-17-6-8-18(20)9-7-17)22-10-4-12-25-13-5-11-23(2)14-15-25;/h6-9H,4-5,10-16H2,1-3H3,(H,21,22);1H. The van der Waals surface area contributed by atoms with E-state index in [0.717, 1.165) is 37.0 Å². The van der Waals surface area contributed by atoms with E-state index in [9.17, 15) is 0 Å². The highest BCUT2D eigenvalue weighted by Crippen LogP contribution is 2.11. The maximum atomic E-state index is 5.95. The quantitative estimate of drug-likeness (QED) is 0.286. The SMILES string of the molecule is CN=C(NCCCN1CCCN(C)CC1)N(C)Cc1ccc(Cl)cc1.I. The van der Waals surface area contributed by atoms with Crippen molar-refractivity contribution >= 4 is 41.5 Å². The van der Waals surface area contributed by atoms with Crippen LogP contribution in [0.25, 0.3) is 0 Å². The summed E-state index contributed by atoms with van der Waals surface area (Å²) >= 11 is 5.95. The molecule has 1 aliphatic rings. The molecule has 0 spiro atoms. The molecule has 0 saturated carbocycles. The Kier molecular flexibility index (Phi) is 11.5. The topological polar surface area (TPSA) is 34.1 Å². The number of likely N-dealkylation sites (N-methyl/N-ethyl adjacent to an activating group) is 1. The zero-order valence-corrected chi connectivity index (χ0v) is 19.3. The molecule has 0 aromatic heterocycles. The van der Waals surface area contributed by atoms with E-state index in [-0.39, 0.29) is 24.0 Å². The van der Waals surface area contributed by atoms with Crippen LogP contribution in [-0.4, -0.2) is 81.1 Å². The number of aliphatic imine (C=N–C) groups is 1. The zero-order chi connectivity index (χ0) is 18.1. The first kappa shape index (κ1) is 23.5. The van der Waals surface area contributed by atoms with Crippen LogP contribution in [0, 0.1) is 0 Å². The van der Waals surface area contributed by atoms with Gasteiger partial charge in [-0.2, -0.15) is 0 Å². The third kappa shape index (κ3) is 8.41. The van der Waals surface area contributed by atoms with Crippen molar-refractivity contribution in [3.05, 3.63) is 34.9 Å². The molecule has 1 heterocycles. The summed E-state index contributed by atoms with van der Waals surface area (Å²) in [5, 5.41) is 4.25. The molecule has 1 fully saturated rings. The van der Waals surface area contributed by atoms with Crippen LogP contribution in [0.5, 0.6) is 0 Å². The molecular formula is C19H33ClIN5. The van der Waals surface area contributed by atoms with Crippen LogP contribution in [0.1, 0.15) is 18.4 Å². The van der Waals surface area contributed by atoms with Crippen molar-refractivity contribution in [2.45, 2.75) is 19.4 Å². The summed E-state index contributed by atoms with van der Waals surface area (Å²) in [4.78, 5) is 11.5. The Hall–Kier alpha value is -0.570. The number of rotatable bonds is 6. The van der Waals surface area contributed by atoms with Gasteiger partial charge in [0, 0.05) is 45.3 Å². The van der Waals surface area contributed by atoms with Gasteiger partial charge in [-0.1, -0.05) is 23.7 Å². The first-order valence-corrected chi connectivity index (χ1v) is 9.53. The van der Waals surface area contributed by atoms with Crippen LogP contribution < -0.4 is 5.32 Å². The third-order valence-corrected chi connectivity index (χ3v) is 4.90. The molecule has 2 rings (SSSR count). The lowest BCUT2D eigenvalue weighted by Crippen LogP contribution is -2.40. The van der Waals surface area contributed by atoms with Crippen LogP contribution in [-0.2, 0) is 6.54 Å². The molecular weight excluding hydrogens is 461 g/mol. The van der Waals surface area contributed by atoms with Gasteiger partial charge in [0.1, 0.15) is 0 Å². The normalized spacial score (nSPS) is 16.7. The predicted octanol–water partition coefficient (Wildman–Crippen LogP) is 2.99. The molecule has 7 heteroatoms. The van der Waals surface area contributed by atoms with Gasteiger partial charge in [0.05, 0.1) is 0 Å². The second-order valence-corrected chi connectivity index (χ2v) is 7.24. The van der Waals surface area contributed by atoms with E-state index in [2.05, 4.69) is 51.2 Å². The highest BCUT2D eigenvalue weighted by molar-refractivity contribution is 14.0. The minimum atomic E-state index is 0. The van der Waals surface area contributed by atoms with Gasteiger partial charge < -0.3 is 20.0 Å². The van der Waals surface area contributed by atoms with Crippen molar-refractivity contribution in [3.8, 4) is 0 Å². The number of nitrogens with zero attached hydrogens (tertiary/aromatic N) is 4. The van der Waals surface area contributed by atoms with Crippen molar-refractivity contribution in [1.29, 1.82) is 0 Å². The molecule has 0 atom stereocenters. The first-order chi connectivity index (χ1) is 12.1. The second-order valence-electron chi connectivity index (χ2n) is 6.81. The summed E-state index contributed by atoms with van der Waals surface area (Å²) in [5.41, 5.74) is 1.23. The van der Waals surface area contributed by atoms with Gasteiger partial charge in [-0.05, 0) is 57.2 Å². The smallest absolute Gasteiger partial charge is 0.193 e. The molecule has 5 nitrogen and oxygen atoms in total. The van der Waals surface area contributed by atoms with Crippen LogP contribution >= 0.6 is 35.6 Å². The molecule has 1 aliphatic heterocycles. The van der Waals surface area contributed by atoms with Gasteiger partial charge >= 0.3 is 0 Å². The Morgan fingerprint density at radius 2 is 1.92 bits per heavy atom. The molecule has 0 bridgehead atoms. The van der Waals surface area contributed by atoms with Crippen LogP contribution in [0.3, 0.4) is 0 Å². The van der Waals surface area contributed by atoms with Gasteiger partial charge in [0.15, 0.2) is 5.96 Å². The summed E-state index contributed by atoms with van der Waals surface area (Å²) in [5.74, 6) is 0.936. The van der Waals surface area contributed by atoms with Crippen molar-refractivity contribution in [2.75, 3.05) is 60.4 Å². The number of guanidine groups is 1. The second kappa shape index (κ2) is 12.8. The number of benzene rings is 1. The Balaban J connectivity index is 0.00000338. The third-order valence-electron chi connectivity index (χ3n) is 4.65. The van der Waals surface area contributed by atoms with Gasteiger partial charge in [0.25, 0.3) is 0 Å². The Morgan fingerprint density at radius 3 is 2.62 bits per heavy atom. The maximum Gasteiger partial charge on any atom is 0.193 e. The lowest BCUT2D eigenvalue weighted by atomic mass is 10.2. The molecule has 26 heavy (non-hydrogen) atoms. The number of hydrogen-bond acceptors (Lipinski definition) is 3. The maximum absolute atomic E-state index is 5.95. The van der Waals surface area contributed by atoms with Crippen molar-refractivity contribution in [3.63, 3.8) is 0 Å². The first-order valence-electron chi connectivity index (χ1n) is 9.15. The summed E-state index contributed by atoms with van der Waals surface area (Å²) in [6.07, 6.45) is 2.41. The summed E-state index contributed by atoms with van der Waals surface area (Å²) in [6.45, 7) is 7.71. The molecule has 1 saturated heterocycles. The van der Waals surface area contributed by atoms with E-state index in [4.69, 9.17) is 11.6 Å². The number of halogens is 2. The summed E-state index contributed by atoms with van der Waals surface area (Å²) in [6, 6.07) is 7.98. The molecule has 1 aromatic carbocycles. The molecule has 1 N–H and O–H groups in total. The lowest BCUT2D eigenvalue weighted by molar-refractivity contribution is 0.273. The zero-order valence-electron chi connectivity index (χ0n) is 16.2. The van der Waals surface area contributed by atoms with Gasteiger partial charge in [-0.15, -0.1) is 24.0 Å². The van der Waals surface area contributed by atoms with Crippen molar-refractivity contribution in [1.82, 2.24) is 20.0 Å². The van der Waals surface area contributed by atoms with E-state index in [1.54, 1.807) is 0 Å². The highest BCUT2D eigenvalue weighted by atomic mass is 127. The number of nitrogens with one attached hydrogen (secondary N) is 1. The number of hydrogen-bond donors (Lipinski definition) is 1. The van der Waals surface area contributed by atoms with Crippen LogP contribution in [0.2, 0.25) is 5.02 Å². The van der Waals surface area contributed by atoms with Crippen molar-refractivity contribution < 1.29 is 0 Å². The fraction of sp³-hybridized carbons (Fsp3) is 0.632. The molecule has 0 unspecified atom stereocenters. The molecule has 0 aliphatic carbocycles. The van der Waals surface area contributed by atoms with E-state index < -0.39 is 0 Å². The average Bonchev–Trinajstić information content (AvgIpc) is 2.81. The fourth-order valence-electron chi connectivity index (χ4n) is 3.15. The Morgan fingerprint density at radius 1 is 1.19 bits per heavy atom. The minimum Gasteiger partial charge on any atom is -0.356 e. The monoisotopic (exact) mass is 493 g/mol. The van der Waals surface area contributed by atoms with Gasteiger partial charge in [-0.25, -0.2) is 0 Å². The molecule has 0 amide bonds. The van der Waals surface area contributed by atoms with Gasteiger partial charge in [-0.3, -0.25) is 4.99 Å². The molecule has 0 radical (unpaired) electrons. The Bertz CT molecular complexity index is 537. The molecule has 148 valence electrons. The van der Waals surface area contributed by atoms with E-state index in [1.807, 2.05) is 19.2 Å². The van der Waals surface area contributed by atoms with Gasteiger partial charge in [0.2, 0.25) is 0 Å². The summed E-state index contributed by atoms with van der Waals surface area (Å²) in [7, 11) is 6.12.